The molecule has 0 fully saturated rings. The van der Waals surface area contributed by atoms with Crippen LogP contribution in [0.1, 0.15) is 0 Å². The first-order valence-electron chi connectivity index (χ1n) is 0. The molecule has 0 saturated heterocycles. The van der Waals surface area contributed by atoms with Gasteiger partial charge in [0.1, 0.15) is 0 Å². The van der Waals surface area contributed by atoms with Crippen molar-refractivity contribution in [3.05, 3.63) is 0 Å². The van der Waals surface area contributed by atoms with Crippen LogP contribution in [-0.2, 0) is 0 Å². The third kappa shape index (κ3) is 25.4. The van der Waals surface area contributed by atoms with Gasteiger partial charge in [0.2, 0.25) is 0 Å². The Hall–Kier alpha value is 3.63. The third-order valence-electron chi connectivity index (χ3n) is 0. The maximum absolute atomic E-state index is 0. The molecular formula is H4Br3KLiN. The summed E-state index contributed by atoms with van der Waals surface area (Å²) in [4.78, 5) is 0. The van der Waals surface area contributed by atoms with Crippen molar-refractivity contribution < 1.29 is 121 Å². The first-order valence-corrected chi connectivity index (χ1v) is 0. The number of hydrogen-bond donors (Lipinski definition) is 1. The van der Waals surface area contributed by atoms with Crippen LogP contribution in [0.3, 0.4) is 0 Å². The van der Waals surface area contributed by atoms with E-state index < -0.39 is 0 Å². The van der Waals surface area contributed by atoms with Crippen LogP contribution >= 0.6 is 0 Å². The molecule has 0 radical (unpaired) electrons. The van der Waals surface area contributed by atoms with Crippen LogP contribution in [-0.4, -0.2) is 0 Å². The van der Waals surface area contributed by atoms with Gasteiger partial charge in [0, 0.05) is 0 Å². The van der Waals surface area contributed by atoms with Crippen LogP contribution < -0.4 is 127 Å². The summed E-state index contributed by atoms with van der Waals surface area (Å²) in [5.74, 6) is 0. The van der Waals surface area contributed by atoms with Crippen LogP contribution in [0.2, 0.25) is 0 Å². The average Bonchev–Trinajstić information content (AvgIpc) is 0. The van der Waals surface area contributed by atoms with Crippen molar-refractivity contribution in [3.63, 3.8) is 0 Å². The Balaban J connectivity index is 0. The van der Waals surface area contributed by atoms with E-state index in [1.807, 2.05) is 0 Å². The number of halogens is 3. The quantitative estimate of drug-likeness (QED) is 0.432. The minimum atomic E-state index is 0. The molecule has 0 unspecified atom stereocenters. The molecule has 0 saturated carbocycles. The first-order chi connectivity index (χ1) is 0. The molecule has 0 spiro atoms. The van der Waals surface area contributed by atoms with Gasteiger partial charge in [-0.1, -0.05) is 0 Å². The maximum Gasteiger partial charge on any atom is 1.00 e. The summed E-state index contributed by atoms with van der Waals surface area (Å²) in [6.45, 7) is 0. The monoisotopic (exact) mass is 301 g/mol. The Morgan fingerprint density at radius 3 is 0.667 bits per heavy atom. The Morgan fingerprint density at radius 1 is 0.667 bits per heavy atom. The van der Waals surface area contributed by atoms with Gasteiger partial charge in [-0.3, -0.25) is 0 Å². The van der Waals surface area contributed by atoms with Gasteiger partial charge in [-0.2, -0.15) is 0 Å². The van der Waals surface area contributed by atoms with Gasteiger partial charge in [0.15, 0.2) is 0 Å². The molecule has 0 heterocycles. The van der Waals surface area contributed by atoms with E-state index in [0.29, 0.717) is 0 Å². The van der Waals surface area contributed by atoms with Crippen molar-refractivity contribution in [2.45, 2.75) is 0 Å². The molecule has 0 aromatic rings. The second kappa shape index (κ2) is 38.1. The van der Waals surface area contributed by atoms with E-state index in [-0.39, 0.29) is 127 Å². The van der Waals surface area contributed by atoms with Crippen molar-refractivity contribution >= 4 is 0 Å². The second-order valence-corrected chi connectivity index (χ2v) is 0. The zero-order valence-corrected chi connectivity index (χ0v) is 12.0. The van der Waals surface area contributed by atoms with E-state index in [9.17, 15) is 0 Å². The molecule has 1 nitrogen and oxygen atoms in total. The summed E-state index contributed by atoms with van der Waals surface area (Å²) in [5, 5.41) is 0. The molecule has 32 valence electrons. The largest absolute Gasteiger partial charge is 1.00 e. The fraction of sp³-hybridized carbons (Fsp3) is 0. The van der Waals surface area contributed by atoms with Crippen LogP contribution in [0.5, 0.6) is 0 Å². The minimum Gasteiger partial charge on any atom is -1.00 e. The van der Waals surface area contributed by atoms with Gasteiger partial charge in [-0.05, 0) is 0 Å². The van der Waals surface area contributed by atoms with E-state index in [1.54, 1.807) is 0 Å². The van der Waals surface area contributed by atoms with Crippen molar-refractivity contribution in [1.82, 2.24) is 6.15 Å². The Kier molecular flexibility index (Phi) is 345. The molecule has 6 heteroatoms. The van der Waals surface area contributed by atoms with E-state index in [1.165, 1.54) is 0 Å². The average molecular weight is 304 g/mol. The fourth-order valence-electron chi connectivity index (χ4n) is 0. The standard InChI is InChI=1S/3BrH.K.Li.H3N/h3*1H;;;1H3/q;;;2*+1;/p-2. The predicted molar refractivity (Wildman–Crippen MR) is 5.98 cm³/mol. The number of quaternary nitrogens is 1. The number of hydrogen-bond acceptors (Lipinski definition) is 0. The molecule has 0 bridgehead atoms. The summed E-state index contributed by atoms with van der Waals surface area (Å²) >= 11 is 0. The Morgan fingerprint density at radius 2 is 0.667 bits per heavy atom. The Labute approximate surface area is 124 Å². The normalized spacial score (nSPS) is 0. The van der Waals surface area contributed by atoms with Gasteiger partial charge in [0.25, 0.3) is 0 Å². The molecule has 6 heavy (non-hydrogen) atoms. The predicted octanol–water partition coefficient (Wildman–Crippen LogP) is -14.6. The molecular weight excluding hydrogens is 300 g/mol. The van der Waals surface area contributed by atoms with E-state index in [4.69, 9.17) is 0 Å². The van der Waals surface area contributed by atoms with E-state index >= 15 is 0 Å². The van der Waals surface area contributed by atoms with Gasteiger partial charge < -0.3 is 57.1 Å². The third-order valence-corrected chi connectivity index (χ3v) is 0. The second-order valence-electron chi connectivity index (χ2n) is 0. The molecule has 0 atom stereocenters. The van der Waals surface area contributed by atoms with Gasteiger partial charge in [-0.25, -0.2) is 0 Å². The van der Waals surface area contributed by atoms with Crippen molar-refractivity contribution in [3.8, 4) is 0 Å². The maximum atomic E-state index is 0. The molecule has 0 aliphatic heterocycles. The van der Waals surface area contributed by atoms with Crippen molar-refractivity contribution in [2.75, 3.05) is 0 Å². The summed E-state index contributed by atoms with van der Waals surface area (Å²) in [6.07, 6.45) is 0. The smallest absolute Gasteiger partial charge is 1.00 e. The van der Waals surface area contributed by atoms with Crippen LogP contribution in [0.4, 0.5) is 0 Å². The summed E-state index contributed by atoms with van der Waals surface area (Å²) in [6, 6.07) is 0. The summed E-state index contributed by atoms with van der Waals surface area (Å²) in [7, 11) is 0. The zero-order chi connectivity index (χ0) is 0. The fourth-order valence-corrected chi connectivity index (χ4v) is 0. The minimum absolute atomic E-state index is 0. The molecule has 4 N–H and O–H groups in total. The molecule has 0 aliphatic carbocycles. The van der Waals surface area contributed by atoms with Gasteiger partial charge in [0.05, 0.1) is 0 Å². The first kappa shape index (κ1) is 54.4. The molecule has 0 aromatic carbocycles. The molecule has 0 aromatic heterocycles. The topological polar surface area (TPSA) is 36.5 Å². The summed E-state index contributed by atoms with van der Waals surface area (Å²) in [5.41, 5.74) is 0. The van der Waals surface area contributed by atoms with Crippen LogP contribution in [0.25, 0.3) is 0 Å². The van der Waals surface area contributed by atoms with E-state index in [0.717, 1.165) is 0 Å². The Bertz CT molecular complexity index is 10.8. The zero-order valence-electron chi connectivity index (χ0n) is 4.13. The number of rotatable bonds is 0. The van der Waals surface area contributed by atoms with Crippen LogP contribution in [0, 0.1) is 0 Å². The SMILES string of the molecule is [Br-].[Br-].[Br-].[K+].[Li+].[NH4+]. The van der Waals surface area contributed by atoms with Gasteiger partial charge >= 0.3 is 70.2 Å². The van der Waals surface area contributed by atoms with E-state index in [2.05, 4.69) is 0 Å². The van der Waals surface area contributed by atoms with Gasteiger partial charge in [-0.15, -0.1) is 0 Å². The molecule has 0 rings (SSSR count). The van der Waals surface area contributed by atoms with Crippen molar-refractivity contribution in [2.24, 2.45) is 0 Å². The molecule has 0 amide bonds. The van der Waals surface area contributed by atoms with Crippen LogP contribution in [0.15, 0.2) is 0 Å². The molecule has 0 aliphatic rings. The summed E-state index contributed by atoms with van der Waals surface area (Å²) < 4.78 is 0. The van der Waals surface area contributed by atoms with Crippen molar-refractivity contribution in [1.29, 1.82) is 0 Å².